The van der Waals surface area contributed by atoms with E-state index in [1.54, 1.807) is 6.92 Å². The molecule has 1 aliphatic rings. The van der Waals surface area contributed by atoms with Gasteiger partial charge in [0.1, 0.15) is 10.6 Å². The number of carbonyl (C=O) groups is 2. The molecule has 2 amide bonds. The minimum absolute atomic E-state index is 0.0942. The molecule has 180 valence electrons. The molecule has 9 nitrogen and oxygen atoms in total. The highest BCUT2D eigenvalue weighted by Gasteiger charge is 2.33. The third-order valence-corrected chi connectivity index (χ3v) is 6.01. The van der Waals surface area contributed by atoms with E-state index >= 15 is 0 Å². The predicted octanol–water partition coefficient (Wildman–Crippen LogP) is 4.00. The van der Waals surface area contributed by atoms with E-state index in [2.05, 4.69) is 30.4 Å². The number of ether oxygens (including phenoxy) is 1. The molecule has 1 aromatic carbocycles. The largest absolute Gasteiger partial charge is 0.573 e. The number of alkyl halides is 3. The van der Waals surface area contributed by atoms with Gasteiger partial charge in [-0.3, -0.25) is 9.59 Å². The van der Waals surface area contributed by atoms with Crippen LogP contribution < -0.4 is 15.4 Å². The maximum atomic E-state index is 12.8. The Morgan fingerprint density at radius 2 is 2.00 bits per heavy atom. The van der Waals surface area contributed by atoms with Crippen LogP contribution in [0.2, 0.25) is 5.02 Å². The molecule has 1 saturated carbocycles. The van der Waals surface area contributed by atoms with E-state index in [4.69, 9.17) is 11.6 Å². The van der Waals surface area contributed by atoms with Crippen LogP contribution >= 0.6 is 22.9 Å². The van der Waals surface area contributed by atoms with E-state index < -0.39 is 24.1 Å². The maximum absolute atomic E-state index is 12.8. The number of aromatic nitrogens is 4. The predicted molar refractivity (Wildman–Crippen MR) is 116 cm³/mol. The molecule has 1 aliphatic carbocycles. The van der Waals surface area contributed by atoms with Crippen LogP contribution in [-0.2, 0) is 0 Å². The lowest BCUT2D eigenvalue weighted by molar-refractivity contribution is -0.274. The molecule has 14 heteroatoms. The van der Waals surface area contributed by atoms with Gasteiger partial charge in [-0.15, -0.1) is 18.3 Å². The third-order valence-electron chi connectivity index (χ3n) is 4.82. The van der Waals surface area contributed by atoms with Gasteiger partial charge in [0.2, 0.25) is 5.13 Å². The Bertz CT molecular complexity index is 1240. The molecule has 0 saturated heterocycles. The summed E-state index contributed by atoms with van der Waals surface area (Å²) in [6.07, 6.45) is -1.63. The van der Waals surface area contributed by atoms with Gasteiger partial charge in [-0.1, -0.05) is 22.9 Å². The lowest BCUT2D eigenvalue weighted by Crippen LogP contribution is -2.29. The molecule has 0 aliphatic heterocycles. The Balaban J connectivity index is 1.60. The lowest BCUT2D eigenvalue weighted by atomic mass is 10.2. The normalized spacial score (nSPS) is 14.5. The van der Waals surface area contributed by atoms with Gasteiger partial charge in [-0.2, -0.15) is 4.68 Å². The monoisotopic (exact) mass is 514 g/mol. The molecule has 2 aromatic heterocycles. The zero-order valence-corrected chi connectivity index (χ0v) is 19.4. The Kier molecular flexibility index (Phi) is 6.49. The molecule has 1 atom stereocenters. The van der Waals surface area contributed by atoms with Gasteiger partial charge < -0.3 is 15.4 Å². The molecule has 2 heterocycles. The highest BCUT2D eigenvalue weighted by molar-refractivity contribution is 7.16. The van der Waals surface area contributed by atoms with Crippen molar-refractivity contribution >= 4 is 34.8 Å². The van der Waals surface area contributed by atoms with Crippen LogP contribution in [0.5, 0.6) is 5.75 Å². The Morgan fingerprint density at radius 3 is 2.65 bits per heavy atom. The second-order valence-electron chi connectivity index (χ2n) is 7.52. The van der Waals surface area contributed by atoms with Gasteiger partial charge in [0.05, 0.1) is 12.2 Å². The van der Waals surface area contributed by atoms with Crippen LogP contribution in [0.4, 0.5) is 13.2 Å². The van der Waals surface area contributed by atoms with Crippen LogP contribution in [0.25, 0.3) is 5.13 Å². The van der Waals surface area contributed by atoms with Gasteiger partial charge in [-0.25, -0.2) is 9.97 Å². The standard InChI is InChI=1S/C20H18ClF3N6O3S/c1-9(27-17(31)11-5-12(21)7-13(6-11)33-20(22,23)24)16-28-15(10-3-4-10)29-30(16)19-26-8-14(34-19)18(32)25-2/h5-10H,3-4H2,1-2H3,(H,25,32)(H,27,31)/t9-/m0/s1. The molecule has 0 bridgehead atoms. The number of benzene rings is 1. The van der Waals surface area contributed by atoms with Crippen molar-refractivity contribution in [3.63, 3.8) is 0 Å². The lowest BCUT2D eigenvalue weighted by Gasteiger charge is -2.15. The number of halogens is 4. The summed E-state index contributed by atoms with van der Waals surface area (Å²) in [6.45, 7) is 1.65. The van der Waals surface area contributed by atoms with Crippen molar-refractivity contribution in [1.82, 2.24) is 30.4 Å². The molecule has 2 N–H and O–H groups in total. The van der Waals surface area contributed by atoms with Crippen LogP contribution in [-0.4, -0.2) is 45.0 Å². The fourth-order valence-corrected chi connectivity index (χ4v) is 4.15. The first kappa shape index (κ1) is 24.0. The Labute approximate surface area is 200 Å². The second kappa shape index (κ2) is 9.22. The van der Waals surface area contributed by atoms with E-state index in [1.807, 2.05) is 0 Å². The van der Waals surface area contributed by atoms with Gasteiger partial charge in [0.15, 0.2) is 11.6 Å². The summed E-state index contributed by atoms with van der Waals surface area (Å²) < 4.78 is 43.1. The smallest absolute Gasteiger partial charge is 0.406 e. The first-order valence-electron chi connectivity index (χ1n) is 10.1. The van der Waals surface area contributed by atoms with Gasteiger partial charge >= 0.3 is 6.36 Å². The quantitative estimate of drug-likeness (QED) is 0.493. The van der Waals surface area contributed by atoms with Crippen molar-refractivity contribution in [1.29, 1.82) is 0 Å². The molecule has 0 radical (unpaired) electrons. The fourth-order valence-electron chi connectivity index (χ4n) is 3.10. The summed E-state index contributed by atoms with van der Waals surface area (Å²) in [5, 5.41) is 10.0. The summed E-state index contributed by atoms with van der Waals surface area (Å²) in [6, 6.07) is 2.42. The summed E-state index contributed by atoms with van der Waals surface area (Å²) in [5.74, 6) is -0.433. The summed E-state index contributed by atoms with van der Waals surface area (Å²) in [7, 11) is 1.51. The first-order chi connectivity index (χ1) is 16.0. The van der Waals surface area contributed by atoms with Crippen molar-refractivity contribution in [2.24, 2.45) is 0 Å². The van der Waals surface area contributed by atoms with E-state index in [0.717, 1.165) is 36.3 Å². The number of hydrogen-bond donors (Lipinski definition) is 2. The Morgan fingerprint density at radius 1 is 1.26 bits per heavy atom. The summed E-state index contributed by atoms with van der Waals surface area (Å²) >= 11 is 6.98. The van der Waals surface area contributed by atoms with Gasteiger partial charge in [0, 0.05) is 23.6 Å². The third kappa shape index (κ3) is 5.47. The number of nitrogens with one attached hydrogen (secondary N) is 2. The minimum atomic E-state index is -4.93. The van der Waals surface area contributed by atoms with Crippen LogP contribution in [0.15, 0.2) is 24.4 Å². The van der Waals surface area contributed by atoms with Gasteiger partial charge in [0.25, 0.3) is 11.8 Å². The van der Waals surface area contributed by atoms with Crippen molar-refractivity contribution in [2.45, 2.75) is 38.1 Å². The number of rotatable bonds is 7. The SMILES string of the molecule is CNC(=O)c1cnc(-n2nc(C3CC3)nc2[C@H](C)NC(=O)c2cc(Cl)cc(OC(F)(F)F)c2)s1. The van der Waals surface area contributed by atoms with Crippen LogP contribution in [0, 0.1) is 0 Å². The topological polar surface area (TPSA) is 111 Å². The zero-order chi connectivity index (χ0) is 24.6. The molecular formula is C20H18ClF3N6O3S. The number of hydrogen-bond acceptors (Lipinski definition) is 7. The van der Waals surface area contributed by atoms with Crippen molar-refractivity contribution in [3.8, 4) is 10.9 Å². The molecule has 0 unspecified atom stereocenters. The van der Waals surface area contributed by atoms with Crippen molar-refractivity contribution < 1.29 is 27.5 Å². The average molecular weight is 515 g/mol. The number of thiazole rings is 1. The Hall–Kier alpha value is -3.19. The van der Waals surface area contributed by atoms with E-state index in [-0.39, 0.29) is 22.4 Å². The maximum Gasteiger partial charge on any atom is 0.573 e. The highest BCUT2D eigenvalue weighted by atomic mass is 35.5. The van der Waals surface area contributed by atoms with Crippen LogP contribution in [0.3, 0.4) is 0 Å². The molecule has 34 heavy (non-hydrogen) atoms. The number of carbonyl (C=O) groups excluding carboxylic acids is 2. The number of nitrogens with zero attached hydrogens (tertiary/aromatic N) is 4. The first-order valence-corrected chi connectivity index (χ1v) is 11.3. The zero-order valence-electron chi connectivity index (χ0n) is 17.8. The molecular weight excluding hydrogens is 497 g/mol. The molecule has 0 spiro atoms. The van der Waals surface area contributed by atoms with E-state index in [9.17, 15) is 22.8 Å². The molecule has 1 fully saturated rings. The second-order valence-corrected chi connectivity index (χ2v) is 8.96. The van der Waals surface area contributed by atoms with Crippen molar-refractivity contribution in [2.75, 3.05) is 7.05 Å². The van der Waals surface area contributed by atoms with Gasteiger partial charge in [-0.05, 0) is 38.0 Å². The fraction of sp³-hybridized carbons (Fsp3) is 0.350. The summed E-state index contributed by atoms with van der Waals surface area (Å²) in [5.41, 5.74) is -0.122. The summed E-state index contributed by atoms with van der Waals surface area (Å²) in [4.78, 5) is 33.9. The molecule has 4 rings (SSSR count). The van der Waals surface area contributed by atoms with E-state index in [1.165, 1.54) is 24.0 Å². The minimum Gasteiger partial charge on any atom is -0.406 e. The molecule has 3 aromatic rings. The van der Waals surface area contributed by atoms with Crippen molar-refractivity contribution in [3.05, 3.63) is 51.5 Å². The number of amides is 2. The highest BCUT2D eigenvalue weighted by Crippen LogP contribution is 2.39. The average Bonchev–Trinajstić information content (AvgIpc) is 3.31. The van der Waals surface area contributed by atoms with E-state index in [0.29, 0.717) is 21.7 Å². The van der Waals surface area contributed by atoms with Crippen LogP contribution in [0.1, 0.15) is 63.4 Å².